The van der Waals surface area contributed by atoms with Gasteiger partial charge in [0.2, 0.25) is 0 Å². The first-order valence-electron chi connectivity index (χ1n) is 5.41. The normalized spacial score (nSPS) is 25.4. The number of pyridine rings is 1. The number of halogens is 2. The van der Waals surface area contributed by atoms with Gasteiger partial charge in [-0.1, -0.05) is 11.6 Å². The van der Waals surface area contributed by atoms with E-state index in [2.05, 4.69) is 26.2 Å². The molecule has 1 fully saturated rings. The van der Waals surface area contributed by atoms with Crippen LogP contribution in [0.5, 0.6) is 0 Å². The van der Waals surface area contributed by atoms with Crippen LogP contribution in [0.25, 0.3) is 0 Å². The lowest BCUT2D eigenvalue weighted by Gasteiger charge is -2.26. The summed E-state index contributed by atoms with van der Waals surface area (Å²) in [5.74, 6) is 0. The van der Waals surface area contributed by atoms with Gasteiger partial charge in [0.15, 0.2) is 0 Å². The zero-order valence-corrected chi connectivity index (χ0v) is 11.1. The third-order valence-electron chi connectivity index (χ3n) is 2.86. The van der Waals surface area contributed by atoms with Gasteiger partial charge in [-0.15, -0.1) is 0 Å². The smallest absolute Gasteiger partial charge is 0.143 e. The third-order valence-corrected chi connectivity index (χ3v) is 4.00. The van der Waals surface area contributed by atoms with Crippen molar-refractivity contribution in [2.45, 2.75) is 37.8 Å². The second-order valence-corrected chi connectivity index (χ2v) is 5.36. The van der Waals surface area contributed by atoms with Crippen molar-refractivity contribution in [3.8, 4) is 0 Å². The van der Waals surface area contributed by atoms with Crippen molar-refractivity contribution in [2.24, 2.45) is 0 Å². The zero-order chi connectivity index (χ0) is 11.5. The van der Waals surface area contributed by atoms with E-state index in [0.717, 1.165) is 35.8 Å². The van der Waals surface area contributed by atoms with Gasteiger partial charge in [-0.3, -0.25) is 0 Å². The standard InChI is InChI=1S/C11H14BrClN2O/c12-10-5-8(6-14-11(10)13)15-7-1-3-9(16)4-2-7/h5-7,9,15-16H,1-4H2. The molecule has 0 unspecified atom stereocenters. The zero-order valence-electron chi connectivity index (χ0n) is 8.79. The lowest BCUT2D eigenvalue weighted by Crippen LogP contribution is -2.28. The molecule has 0 amide bonds. The molecule has 88 valence electrons. The maximum atomic E-state index is 9.41. The second kappa shape index (κ2) is 5.34. The first-order chi connectivity index (χ1) is 7.65. The molecule has 2 rings (SSSR count). The number of hydrogen-bond acceptors (Lipinski definition) is 3. The molecule has 2 N–H and O–H groups in total. The molecule has 0 saturated heterocycles. The summed E-state index contributed by atoms with van der Waals surface area (Å²) in [7, 11) is 0. The molecule has 0 atom stereocenters. The van der Waals surface area contributed by atoms with Crippen molar-refractivity contribution in [3.05, 3.63) is 21.9 Å². The van der Waals surface area contributed by atoms with Crippen molar-refractivity contribution < 1.29 is 5.11 Å². The second-order valence-electron chi connectivity index (χ2n) is 4.15. The molecule has 1 aromatic rings. The lowest BCUT2D eigenvalue weighted by molar-refractivity contribution is 0.126. The summed E-state index contributed by atoms with van der Waals surface area (Å²) in [6.07, 6.45) is 5.37. The Bertz CT molecular complexity index is 367. The predicted octanol–water partition coefficient (Wildman–Crippen LogP) is 3.21. The van der Waals surface area contributed by atoms with Crippen LogP contribution in [0, 0.1) is 0 Å². The van der Waals surface area contributed by atoms with Crippen LogP contribution in [0.1, 0.15) is 25.7 Å². The first-order valence-corrected chi connectivity index (χ1v) is 6.58. The van der Waals surface area contributed by atoms with E-state index in [1.165, 1.54) is 0 Å². The van der Waals surface area contributed by atoms with Gasteiger partial charge in [0.05, 0.1) is 22.5 Å². The maximum Gasteiger partial charge on any atom is 0.143 e. The Balaban J connectivity index is 1.96. The lowest BCUT2D eigenvalue weighted by atomic mass is 9.93. The number of aliphatic hydroxyl groups excluding tert-OH is 1. The van der Waals surface area contributed by atoms with E-state index in [0.29, 0.717) is 11.2 Å². The van der Waals surface area contributed by atoms with Gasteiger partial charge >= 0.3 is 0 Å². The van der Waals surface area contributed by atoms with Crippen LogP contribution in [0.3, 0.4) is 0 Å². The summed E-state index contributed by atoms with van der Waals surface area (Å²) in [4.78, 5) is 4.07. The van der Waals surface area contributed by atoms with E-state index < -0.39 is 0 Å². The minimum absolute atomic E-state index is 0.117. The monoisotopic (exact) mass is 304 g/mol. The van der Waals surface area contributed by atoms with Gasteiger partial charge in [-0.25, -0.2) is 4.98 Å². The van der Waals surface area contributed by atoms with Gasteiger partial charge in [0, 0.05) is 6.04 Å². The van der Waals surface area contributed by atoms with Gasteiger partial charge in [0.1, 0.15) is 5.15 Å². The molecule has 1 heterocycles. The summed E-state index contributed by atoms with van der Waals surface area (Å²) in [5, 5.41) is 13.3. The highest BCUT2D eigenvalue weighted by Gasteiger charge is 2.19. The Morgan fingerprint density at radius 3 is 2.69 bits per heavy atom. The quantitative estimate of drug-likeness (QED) is 0.825. The molecule has 5 heteroatoms. The SMILES string of the molecule is OC1CCC(Nc2cnc(Cl)c(Br)c2)CC1. The van der Waals surface area contributed by atoms with Crippen LogP contribution in [0.2, 0.25) is 5.15 Å². The molecule has 0 spiro atoms. The molecule has 1 aromatic heterocycles. The molecule has 1 aliphatic carbocycles. The molecule has 1 saturated carbocycles. The van der Waals surface area contributed by atoms with Crippen LogP contribution in [0.15, 0.2) is 16.7 Å². The Morgan fingerprint density at radius 1 is 1.38 bits per heavy atom. The molecule has 16 heavy (non-hydrogen) atoms. The predicted molar refractivity (Wildman–Crippen MR) is 68.8 cm³/mol. The number of aromatic nitrogens is 1. The fourth-order valence-electron chi connectivity index (χ4n) is 1.96. The summed E-state index contributed by atoms with van der Waals surface area (Å²) >= 11 is 9.17. The fraction of sp³-hybridized carbons (Fsp3) is 0.545. The van der Waals surface area contributed by atoms with Gasteiger partial charge in [-0.2, -0.15) is 0 Å². The molecule has 3 nitrogen and oxygen atoms in total. The molecule has 0 bridgehead atoms. The number of nitrogens with zero attached hydrogens (tertiary/aromatic N) is 1. The molecule has 0 aromatic carbocycles. The summed E-state index contributed by atoms with van der Waals surface area (Å²) < 4.78 is 0.801. The Kier molecular flexibility index (Phi) is 4.05. The molecule has 1 aliphatic rings. The molecule has 0 radical (unpaired) electrons. The summed E-state index contributed by atoms with van der Waals surface area (Å²) in [6.45, 7) is 0. The molecular weight excluding hydrogens is 291 g/mol. The largest absolute Gasteiger partial charge is 0.393 e. The topological polar surface area (TPSA) is 45.1 Å². The Hall–Kier alpha value is -0.320. The van der Waals surface area contributed by atoms with E-state index in [1.54, 1.807) is 6.20 Å². The fourth-order valence-corrected chi connectivity index (χ4v) is 2.41. The van der Waals surface area contributed by atoms with Crippen molar-refractivity contribution in [2.75, 3.05) is 5.32 Å². The van der Waals surface area contributed by atoms with E-state index in [4.69, 9.17) is 11.6 Å². The summed E-state index contributed by atoms with van der Waals surface area (Å²) in [5.41, 5.74) is 0.970. The van der Waals surface area contributed by atoms with E-state index >= 15 is 0 Å². The van der Waals surface area contributed by atoms with E-state index in [9.17, 15) is 5.11 Å². The van der Waals surface area contributed by atoms with Crippen LogP contribution < -0.4 is 5.32 Å². The van der Waals surface area contributed by atoms with Crippen LogP contribution >= 0.6 is 27.5 Å². The first kappa shape index (κ1) is 12.1. The molecule has 0 aliphatic heterocycles. The van der Waals surface area contributed by atoms with Crippen molar-refractivity contribution in [1.29, 1.82) is 0 Å². The van der Waals surface area contributed by atoms with E-state index in [1.807, 2.05) is 6.07 Å². The van der Waals surface area contributed by atoms with Crippen LogP contribution in [-0.4, -0.2) is 22.2 Å². The van der Waals surface area contributed by atoms with E-state index in [-0.39, 0.29) is 6.10 Å². The van der Waals surface area contributed by atoms with Crippen LogP contribution in [-0.2, 0) is 0 Å². The van der Waals surface area contributed by atoms with Crippen LogP contribution in [0.4, 0.5) is 5.69 Å². The number of hydrogen-bond donors (Lipinski definition) is 2. The molecular formula is C11H14BrClN2O. The Morgan fingerprint density at radius 2 is 2.06 bits per heavy atom. The maximum absolute atomic E-state index is 9.41. The Labute approximate surface area is 108 Å². The van der Waals surface area contributed by atoms with Gasteiger partial charge in [0.25, 0.3) is 0 Å². The highest BCUT2D eigenvalue weighted by molar-refractivity contribution is 9.10. The highest BCUT2D eigenvalue weighted by Crippen LogP contribution is 2.26. The minimum Gasteiger partial charge on any atom is -0.393 e. The highest BCUT2D eigenvalue weighted by atomic mass is 79.9. The minimum atomic E-state index is -0.117. The van der Waals surface area contributed by atoms with Crippen molar-refractivity contribution in [3.63, 3.8) is 0 Å². The van der Waals surface area contributed by atoms with Crippen molar-refractivity contribution >= 4 is 33.2 Å². The van der Waals surface area contributed by atoms with Gasteiger partial charge < -0.3 is 10.4 Å². The van der Waals surface area contributed by atoms with Gasteiger partial charge in [-0.05, 0) is 47.7 Å². The third kappa shape index (κ3) is 3.09. The number of rotatable bonds is 2. The average Bonchev–Trinajstić information content (AvgIpc) is 2.27. The average molecular weight is 306 g/mol. The number of aliphatic hydroxyl groups is 1. The number of nitrogens with one attached hydrogen (secondary N) is 1. The summed E-state index contributed by atoms with van der Waals surface area (Å²) in [6, 6.07) is 2.36. The van der Waals surface area contributed by atoms with Crippen molar-refractivity contribution in [1.82, 2.24) is 4.98 Å². The number of anilines is 1.